The van der Waals surface area contributed by atoms with Crippen LogP contribution in [0.2, 0.25) is 0 Å². The molecule has 1 saturated heterocycles. The number of amides is 1. The summed E-state index contributed by atoms with van der Waals surface area (Å²) in [6.45, 7) is -0.0231. The fourth-order valence-electron chi connectivity index (χ4n) is 3.68. The summed E-state index contributed by atoms with van der Waals surface area (Å²) in [4.78, 5) is 15.6. The highest BCUT2D eigenvalue weighted by molar-refractivity contribution is 5.81. The van der Waals surface area contributed by atoms with Crippen LogP contribution in [0.5, 0.6) is 0 Å². The Kier molecular flexibility index (Phi) is 5.54. The molecule has 0 radical (unpaired) electrons. The van der Waals surface area contributed by atoms with Crippen molar-refractivity contribution < 1.29 is 14.3 Å². The summed E-state index contributed by atoms with van der Waals surface area (Å²) < 4.78 is 14.0. The third kappa shape index (κ3) is 3.57. The van der Waals surface area contributed by atoms with Crippen LogP contribution >= 0.6 is 0 Å². The SMILES string of the molecule is CN(C)CC(=O)N1[C@H](C#N)[C@H](c2ccc(-c3ccccc3F)cc2)[C@H]1CO. The van der Waals surface area contributed by atoms with E-state index in [1.807, 2.05) is 12.1 Å². The van der Waals surface area contributed by atoms with E-state index in [0.717, 1.165) is 11.1 Å². The van der Waals surface area contributed by atoms with Crippen LogP contribution in [0.4, 0.5) is 4.39 Å². The number of likely N-dealkylation sites (tertiary alicyclic amines) is 1. The highest BCUT2D eigenvalue weighted by Gasteiger charge is 2.51. The molecule has 1 aliphatic rings. The van der Waals surface area contributed by atoms with E-state index in [-0.39, 0.29) is 30.8 Å². The molecule has 3 atom stereocenters. The van der Waals surface area contributed by atoms with Crippen molar-refractivity contribution in [1.82, 2.24) is 9.80 Å². The van der Waals surface area contributed by atoms with E-state index in [1.54, 1.807) is 49.3 Å². The maximum absolute atomic E-state index is 14.0. The first-order valence-corrected chi connectivity index (χ1v) is 8.79. The van der Waals surface area contributed by atoms with Gasteiger partial charge in [0.1, 0.15) is 11.9 Å². The van der Waals surface area contributed by atoms with E-state index in [9.17, 15) is 19.6 Å². The lowest BCUT2D eigenvalue weighted by Crippen LogP contribution is -2.66. The van der Waals surface area contributed by atoms with Crippen LogP contribution in [-0.4, -0.2) is 60.1 Å². The number of halogens is 1. The Morgan fingerprint density at radius 3 is 2.44 bits per heavy atom. The summed E-state index contributed by atoms with van der Waals surface area (Å²) in [5.74, 6) is -0.733. The average Bonchev–Trinajstić information content (AvgIpc) is 2.62. The molecule has 0 unspecified atom stereocenters. The molecule has 2 aromatic rings. The molecule has 5 nitrogen and oxygen atoms in total. The molecule has 2 aromatic carbocycles. The number of nitriles is 1. The van der Waals surface area contributed by atoms with Gasteiger partial charge in [-0.3, -0.25) is 4.79 Å². The second-order valence-corrected chi connectivity index (χ2v) is 6.99. The number of likely N-dealkylation sites (N-methyl/N-ethyl adjacent to an activating group) is 1. The Labute approximate surface area is 158 Å². The zero-order valence-corrected chi connectivity index (χ0v) is 15.3. The Bertz CT molecular complexity index is 860. The van der Waals surface area contributed by atoms with Gasteiger partial charge in [0, 0.05) is 11.5 Å². The fourth-order valence-corrected chi connectivity index (χ4v) is 3.68. The van der Waals surface area contributed by atoms with Crippen LogP contribution in [-0.2, 0) is 4.79 Å². The van der Waals surface area contributed by atoms with Crippen molar-refractivity contribution in [2.75, 3.05) is 27.2 Å². The monoisotopic (exact) mass is 367 g/mol. The molecule has 0 bridgehead atoms. The minimum atomic E-state index is -0.617. The topological polar surface area (TPSA) is 67.6 Å². The number of hydrogen-bond donors (Lipinski definition) is 1. The number of aliphatic hydroxyl groups excluding tert-OH is 1. The molecule has 1 fully saturated rings. The standard InChI is InChI=1S/C21H22FN3O2/c1-24(2)12-20(27)25-18(11-23)21(19(25)13-26)15-9-7-14(8-10-15)16-5-3-4-6-17(16)22/h3-10,18-19,21,26H,12-13H2,1-2H3/t18-,19-,21+/m1/s1. The average molecular weight is 367 g/mol. The predicted octanol–water partition coefficient (Wildman–Crippen LogP) is 2.23. The van der Waals surface area contributed by atoms with Gasteiger partial charge >= 0.3 is 0 Å². The molecule has 0 saturated carbocycles. The van der Waals surface area contributed by atoms with Crippen LogP contribution in [0.25, 0.3) is 11.1 Å². The molecule has 1 heterocycles. The van der Waals surface area contributed by atoms with Crippen molar-refractivity contribution in [3.05, 3.63) is 59.9 Å². The third-order valence-corrected chi connectivity index (χ3v) is 4.95. The van der Waals surface area contributed by atoms with Crippen LogP contribution < -0.4 is 0 Å². The van der Waals surface area contributed by atoms with Crippen LogP contribution in [0.3, 0.4) is 0 Å². The molecule has 0 aliphatic carbocycles. The fraction of sp³-hybridized carbons (Fsp3) is 0.333. The first kappa shape index (κ1) is 19.0. The Morgan fingerprint density at radius 2 is 1.89 bits per heavy atom. The van der Waals surface area contributed by atoms with Crippen LogP contribution in [0, 0.1) is 17.1 Å². The van der Waals surface area contributed by atoms with Crippen molar-refractivity contribution in [1.29, 1.82) is 5.26 Å². The van der Waals surface area contributed by atoms with E-state index in [0.29, 0.717) is 5.56 Å². The van der Waals surface area contributed by atoms with Crippen molar-refractivity contribution in [2.45, 2.75) is 18.0 Å². The lowest BCUT2D eigenvalue weighted by Gasteiger charge is -2.51. The summed E-state index contributed by atoms with van der Waals surface area (Å²) in [7, 11) is 3.57. The number of aliphatic hydroxyl groups is 1. The number of hydrogen-bond acceptors (Lipinski definition) is 4. The summed E-state index contributed by atoms with van der Waals surface area (Å²) >= 11 is 0. The van der Waals surface area contributed by atoms with Gasteiger partial charge in [0.25, 0.3) is 0 Å². The number of benzene rings is 2. The normalized spacial score (nSPS) is 21.6. The van der Waals surface area contributed by atoms with E-state index in [4.69, 9.17) is 0 Å². The van der Waals surface area contributed by atoms with Crippen molar-refractivity contribution in [2.24, 2.45) is 0 Å². The summed E-state index contributed by atoms with van der Waals surface area (Å²) in [5, 5.41) is 19.4. The van der Waals surface area contributed by atoms with Gasteiger partial charge in [-0.2, -0.15) is 5.26 Å². The Hall–Kier alpha value is -2.75. The van der Waals surface area contributed by atoms with Gasteiger partial charge in [-0.05, 0) is 31.3 Å². The highest BCUT2D eigenvalue weighted by atomic mass is 19.1. The van der Waals surface area contributed by atoms with Crippen molar-refractivity contribution in [3.63, 3.8) is 0 Å². The Balaban J connectivity index is 1.84. The van der Waals surface area contributed by atoms with Gasteiger partial charge in [0.05, 0.1) is 25.3 Å². The van der Waals surface area contributed by atoms with Gasteiger partial charge in [0.15, 0.2) is 0 Å². The summed E-state index contributed by atoms with van der Waals surface area (Å²) in [6.07, 6.45) is 0. The maximum Gasteiger partial charge on any atom is 0.238 e. The molecule has 1 amide bonds. The number of nitrogens with zero attached hydrogens (tertiary/aromatic N) is 3. The molecular weight excluding hydrogens is 345 g/mol. The summed E-state index contributed by atoms with van der Waals surface area (Å²) in [5.41, 5.74) is 2.11. The smallest absolute Gasteiger partial charge is 0.238 e. The van der Waals surface area contributed by atoms with Gasteiger partial charge < -0.3 is 14.9 Å². The first-order chi connectivity index (χ1) is 13.0. The molecule has 27 heavy (non-hydrogen) atoms. The minimum Gasteiger partial charge on any atom is -0.394 e. The number of carbonyl (C=O) groups is 1. The third-order valence-electron chi connectivity index (χ3n) is 4.95. The number of rotatable bonds is 5. The molecule has 140 valence electrons. The second kappa shape index (κ2) is 7.87. The Morgan fingerprint density at radius 1 is 1.22 bits per heavy atom. The van der Waals surface area contributed by atoms with E-state index in [1.165, 1.54) is 11.0 Å². The quantitative estimate of drug-likeness (QED) is 0.880. The van der Waals surface area contributed by atoms with Crippen molar-refractivity contribution >= 4 is 5.91 Å². The molecule has 1 aliphatic heterocycles. The molecule has 0 spiro atoms. The summed E-state index contributed by atoms with van der Waals surface area (Å²) in [6, 6.07) is 15.0. The van der Waals surface area contributed by atoms with Gasteiger partial charge in [-0.1, -0.05) is 42.5 Å². The van der Waals surface area contributed by atoms with E-state index in [2.05, 4.69) is 6.07 Å². The molecular formula is C21H22FN3O2. The maximum atomic E-state index is 14.0. The lowest BCUT2D eigenvalue weighted by molar-refractivity contribution is -0.147. The molecule has 0 aromatic heterocycles. The first-order valence-electron chi connectivity index (χ1n) is 8.79. The second-order valence-electron chi connectivity index (χ2n) is 6.99. The lowest BCUT2D eigenvalue weighted by atomic mass is 9.75. The van der Waals surface area contributed by atoms with Gasteiger partial charge in [0.2, 0.25) is 5.91 Å². The van der Waals surface area contributed by atoms with Gasteiger partial charge in [-0.25, -0.2) is 4.39 Å². The minimum absolute atomic E-state index is 0.176. The van der Waals surface area contributed by atoms with Gasteiger partial charge in [-0.15, -0.1) is 0 Å². The molecule has 3 rings (SSSR count). The largest absolute Gasteiger partial charge is 0.394 e. The van der Waals surface area contributed by atoms with E-state index < -0.39 is 12.1 Å². The van der Waals surface area contributed by atoms with Crippen LogP contribution in [0.1, 0.15) is 11.5 Å². The van der Waals surface area contributed by atoms with E-state index >= 15 is 0 Å². The highest BCUT2D eigenvalue weighted by Crippen LogP contribution is 2.41. The van der Waals surface area contributed by atoms with Crippen LogP contribution in [0.15, 0.2) is 48.5 Å². The molecule has 6 heteroatoms. The molecule has 1 N–H and O–H groups in total. The zero-order valence-electron chi connectivity index (χ0n) is 15.3. The van der Waals surface area contributed by atoms with Crippen molar-refractivity contribution in [3.8, 4) is 17.2 Å². The number of carbonyl (C=O) groups excluding carboxylic acids is 1. The zero-order chi connectivity index (χ0) is 19.6. The predicted molar refractivity (Wildman–Crippen MR) is 100 cm³/mol.